The van der Waals surface area contributed by atoms with Crippen LogP contribution in [0.1, 0.15) is 46.6 Å². The van der Waals surface area contributed by atoms with Gasteiger partial charge in [0.1, 0.15) is 17.2 Å². The summed E-state index contributed by atoms with van der Waals surface area (Å²) in [5.41, 5.74) is 2.87. The minimum absolute atomic E-state index is 0.0908. The van der Waals surface area contributed by atoms with Gasteiger partial charge < -0.3 is 14.2 Å². The summed E-state index contributed by atoms with van der Waals surface area (Å²) in [5.74, 6) is 1.20. The number of hydrogen-bond acceptors (Lipinski definition) is 6. The normalized spacial score (nSPS) is 12.7. The maximum atomic E-state index is 12.7. The minimum atomic E-state index is -4.02. The Hall–Kier alpha value is -3.30. The maximum absolute atomic E-state index is 12.7. The number of nitrogens with one attached hydrogen (secondary N) is 1. The third-order valence-corrected chi connectivity index (χ3v) is 7.23. The van der Waals surface area contributed by atoms with E-state index in [1.165, 1.54) is 13.2 Å². The van der Waals surface area contributed by atoms with Crippen molar-refractivity contribution in [2.45, 2.75) is 46.6 Å². The third-order valence-electron chi connectivity index (χ3n) is 5.88. The Labute approximate surface area is 239 Å². The van der Waals surface area contributed by atoms with E-state index >= 15 is 0 Å². The largest absolute Gasteiger partial charge is 0.493 e. The Morgan fingerprint density at radius 3 is 2.38 bits per heavy atom. The first-order chi connectivity index (χ1) is 18.3. The Balaban J connectivity index is 1.71. The first kappa shape index (κ1) is 28.7. The Morgan fingerprint density at radius 2 is 1.72 bits per heavy atom. The number of hydrogen-bond donors (Lipinski definition) is 1. The van der Waals surface area contributed by atoms with Crippen LogP contribution in [0.2, 0.25) is 0 Å². The Morgan fingerprint density at radius 1 is 1.00 bits per heavy atom. The van der Waals surface area contributed by atoms with E-state index in [-0.39, 0.29) is 22.5 Å². The van der Waals surface area contributed by atoms with E-state index in [4.69, 9.17) is 13.9 Å². The molecule has 2 aromatic heterocycles. The molecule has 0 atom stereocenters. The van der Waals surface area contributed by atoms with Crippen LogP contribution in [-0.4, -0.2) is 30.5 Å². The van der Waals surface area contributed by atoms with Gasteiger partial charge in [0, 0.05) is 21.8 Å². The van der Waals surface area contributed by atoms with E-state index in [1.54, 1.807) is 18.2 Å². The fourth-order valence-corrected chi connectivity index (χ4v) is 5.90. The van der Waals surface area contributed by atoms with Gasteiger partial charge in [-0.3, -0.25) is 4.40 Å². The summed E-state index contributed by atoms with van der Waals surface area (Å²) in [6.07, 6.45) is 4.38. The van der Waals surface area contributed by atoms with E-state index in [0.29, 0.717) is 5.69 Å². The summed E-state index contributed by atoms with van der Waals surface area (Å²) in [6.45, 7) is 11.0. The zero-order valence-electron chi connectivity index (χ0n) is 23.0. The lowest BCUT2D eigenvalue weighted by atomic mass is 9.82. The fourth-order valence-electron chi connectivity index (χ4n) is 4.79. The number of ether oxygens (including phenoxy) is 1. The molecule has 0 aliphatic rings. The minimum Gasteiger partial charge on any atom is -0.493 e. The molecular weight excluding hydrogens is 578 g/mol. The molecule has 2 aromatic carbocycles. The second kappa shape index (κ2) is 11.1. The van der Waals surface area contributed by atoms with Crippen molar-refractivity contribution in [2.24, 2.45) is 5.41 Å². The first-order valence-electron chi connectivity index (χ1n) is 12.6. The fraction of sp³-hybridized carbons (Fsp3) is 0.300. The highest BCUT2D eigenvalue weighted by molar-refractivity contribution is 9.10. The molecule has 0 fully saturated rings. The van der Waals surface area contributed by atoms with Crippen molar-refractivity contribution in [3.63, 3.8) is 0 Å². The number of halogens is 1. The molecule has 0 saturated heterocycles. The molecule has 0 saturated carbocycles. The number of methoxy groups -OCH3 is 1. The van der Waals surface area contributed by atoms with Crippen molar-refractivity contribution in [2.75, 3.05) is 12.4 Å². The Kier molecular flexibility index (Phi) is 8.14. The molecule has 4 rings (SSSR count). The van der Waals surface area contributed by atoms with Crippen LogP contribution >= 0.6 is 15.9 Å². The van der Waals surface area contributed by atoms with Crippen molar-refractivity contribution in [3.05, 3.63) is 82.3 Å². The van der Waals surface area contributed by atoms with E-state index < -0.39 is 10.1 Å². The summed E-state index contributed by atoms with van der Waals surface area (Å²) in [5, 5.41) is 4.75. The molecule has 0 aliphatic heterocycles. The second-order valence-corrected chi connectivity index (χ2v) is 13.6. The predicted molar refractivity (Wildman–Crippen MR) is 162 cm³/mol. The first-order valence-corrected chi connectivity index (χ1v) is 14.8. The van der Waals surface area contributed by atoms with Gasteiger partial charge in [0.15, 0.2) is 11.5 Å². The van der Waals surface area contributed by atoms with Gasteiger partial charge in [-0.2, -0.15) is 8.42 Å². The van der Waals surface area contributed by atoms with Gasteiger partial charge in [0.25, 0.3) is 0 Å². The van der Waals surface area contributed by atoms with Gasteiger partial charge in [-0.1, -0.05) is 51.1 Å². The quantitative estimate of drug-likeness (QED) is 0.195. The summed E-state index contributed by atoms with van der Waals surface area (Å²) in [6, 6.07) is 18.1. The number of pyridine rings is 1. The van der Waals surface area contributed by atoms with Crippen LogP contribution in [0.3, 0.4) is 0 Å². The molecule has 0 radical (unpaired) electrons. The van der Waals surface area contributed by atoms with Gasteiger partial charge in [0.05, 0.1) is 12.5 Å². The van der Waals surface area contributed by atoms with Crippen molar-refractivity contribution < 1.29 is 17.3 Å². The number of rotatable bonds is 9. The lowest BCUT2D eigenvalue weighted by Crippen LogP contribution is -2.36. The van der Waals surface area contributed by atoms with E-state index in [2.05, 4.69) is 55.9 Å². The van der Waals surface area contributed by atoms with Gasteiger partial charge in [0.2, 0.25) is 0 Å². The molecule has 7 nitrogen and oxygen atoms in total. The molecule has 0 bridgehead atoms. The standard InChI is InChI=1S/C30H34BrN3O4S/c1-29(2,3)20-30(4,5)33-28-27(32-26-15-13-23(31)19-34(26)28)22-12-14-24(25(18-22)37-6)38-39(35,36)17-16-21-10-8-7-9-11-21/h7-19,33H,20H2,1-6H3/b17-16+. The molecule has 2 heterocycles. The van der Waals surface area contributed by atoms with E-state index in [1.807, 2.05) is 53.1 Å². The summed E-state index contributed by atoms with van der Waals surface area (Å²) in [7, 11) is -2.54. The SMILES string of the molecule is COc1cc(-c2nc3ccc(Br)cn3c2NC(C)(C)CC(C)(C)C)ccc1OS(=O)(=O)/C=C/c1ccccc1. The molecule has 0 amide bonds. The van der Waals surface area contributed by atoms with Crippen molar-refractivity contribution in [1.29, 1.82) is 0 Å². The molecule has 9 heteroatoms. The van der Waals surface area contributed by atoms with Crippen LogP contribution in [0, 0.1) is 5.41 Å². The van der Waals surface area contributed by atoms with Crippen LogP contribution in [0.4, 0.5) is 5.82 Å². The highest BCUT2D eigenvalue weighted by Crippen LogP contribution is 2.39. The molecule has 39 heavy (non-hydrogen) atoms. The smallest absolute Gasteiger partial charge is 0.332 e. The number of fused-ring (bicyclic) bond motifs is 1. The third kappa shape index (κ3) is 7.42. The van der Waals surface area contributed by atoms with Crippen LogP contribution in [0.15, 0.2) is 76.7 Å². The summed E-state index contributed by atoms with van der Waals surface area (Å²) < 4.78 is 39.2. The number of anilines is 1. The van der Waals surface area contributed by atoms with Crippen LogP contribution in [0.5, 0.6) is 11.5 Å². The average Bonchev–Trinajstić information content (AvgIpc) is 3.18. The number of imidazole rings is 1. The zero-order valence-corrected chi connectivity index (χ0v) is 25.4. The van der Waals surface area contributed by atoms with Gasteiger partial charge >= 0.3 is 10.1 Å². The van der Waals surface area contributed by atoms with Crippen LogP contribution < -0.4 is 14.2 Å². The van der Waals surface area contributed by atoms with E-state index in [0.717, 1.165) is 38.9 Å². The van der Waals surface area contributed by atoms with Gasteiger partial charge in [-0.25, -0.2) is 4.98 Å². The van der Waals surface area contributed by atoms with Gasteiger partial charge in [-0.05, 0) is 83.6 Å². The predicted octanol–water partition coefficient (Wildman–Crippen LogP) is 7.78. The van der Waals surface area contributed by atoms with Crippen LogP contribution in [0.25, 0.3) is 23.0 Å². The maximum Gasteiger partial charge on any atom is 0.332 e. The number of benzene rings is 2. The van der Waals surface area contributed by atoms with Crippen molar-refractivity contribution in [1.82, 2.24) is 9.38 Å². The molecule has 1 N–H and O–H groups in total. The second-order valence-electron chi connectivity index (χ2n) is 11.3. The summed E-state index contributed by atoms with van der Waals surface area (Å²) in [4.78, 5) is 4.90. The number of aromatic nitrogens is 2. The molecule has 4 aromatic rings. The molecular formula is C30H34BrN3O4S. The topological polar surface area (TPSA) is 81.9 Å². The highest BCUT2D eigenvalue weighted by Gasteiger charge is 2.28. The molecule has 0 aliphatic carbocycles. The lowest BCUT2D eigenvalue weighted by molar-refractivity contribution is 0.302. The zero-order chi connectivity index (χ0) is 28.4. The lowest BCUT2D eigenvalue weighted by Gasteiger charge is -2.34. The van der Waals surface area contributed by atoms with Crippen molar-refractivity contribution >= 4 is 43.6 Å². The highest BCUT2D eigenvalue weighted by atomic mass is 79.9. The van der Waals surface area contributed by atoms with Crippen LogP contribution in [-0.2, 0) is 10.1 Å². The molecule has 206 valence electrons. The monoisotopic (exact) mass is 611 g/mol. The molecule has 0 spiro atoms. The van der Waals surface area contributed by atoms with E-state index in [9.17, 15) is 8.42 Å². The number of nitrogens with zero attached hydrogens (tertiary/aromatic N) is 2. The van der Waals surface area contributed by atoms with Gasteiger partial charge in [-0.15, -0.1) is 0 Å². The Bertz CT molecular complexity index is 1600. The van der Waals surface area contributed by atoms with Crippen molar-refractivity contribution in [3.8, 4) is 22.8 Å². The molecule has 0 unspecified atom stereocenters. The summed E-state index contributed by atoms with van der Waals surface area (Å²) >= 11 is 3.57. The average molecular weight is 613 g/mol.